The number of nitrogens with zero attached hydrogens (tertiary/aromatic N) is 1. The highest BCUT2D eigenvalue weighted by atomic mass is 19.1. The number of nitriles is 1. The number of benzene rings is 2. The highest BCUT2D eigenvalue weighted by Crippen LogP contribution is 2.25. The molecular weight excluding hydrogens is 220 g/mol. The van der Waals surface area contributed by atoms with E-state index in [-0.39, 0.29) is 6.42 Å². The zero-order valence-electron chi connectivity index (χ0n) is 8.95. The van der Waals surface area contributed by atoms with Crippen LogP contribution in [0.25, 0.3) is 11.1 Å². The second kappa shape index (κ2) is 4.75. The van der Waals surface area contributed by atoms with Crippen molar-refractivity contribution in [2.24, 2.45) is 0 Å². The van der Waals surface area contributed by atoms with Crippen molar-refractivity contribution in [3.8, 4) is 17.2 Å². The van der Waals surface area contributed by atoms with Crippen LogP contribution in [0.3, 0.4) is 0 Å². The molecule has 2 rings (SSSR count). The topological polar surface area (TPSA) is 23.8 Å². The molecular formula is C14H9F2N. The van der Waals surface area contributed by atoms with Crippen molar-refractivity contribution in [1.82, 2.24) is 0 Å². The third-order valence-electron chi connectivity index (χ3n) is 2.48. The van der Waals surface area contributed by atoms with Crippen LogP contribution in [0.15, 0.2) is 42.5 Å². The van der Waals surface area contributed by atoms with Crippen molar-refractivity contribution in [2.45, 2.75) is 6.42 Å². The molecule has 2 aromatic rings. The molecule has 0 amide bonds. The maximum Gasteiger partial charge on any atom is 0.135 e. The lowest BCUT2D eigenvalue weighted by atomic mass is 10.0. The molecule has 0 aromatic heterocycles. The second-order valence-electron chi connectivity index (χ2n) is 3.62. The maximum atomic E-state index is 14.0. The minimum atomic E-state index is -0.459. The van der Waals surface area contributed by atoms with E-state index < -0.39 is 11.6 Å². The predicted octanol–water partition coefficient (Wildman–Crippen LogP) is 3.70. The summed E-state index contributed by atoms with van der Waals surface area (Å²) in [5, 5.41) is 8.57. The summed E-state index contributed by atoms with van der Waals surface area (Å²) in [6, 6.07) is 12.4. The zero-order valence-corrected chi connectivity index (χ0v) is 8.95. The quantitative estimate of drug-likeness (QED) is 0.770. The molecule has 0 saturated carbocycles. The number of rotatable bonds is 2. The lowest BCUT2D eigenvalue weighted by Crippen LogP contribution is -1.92. The molecule has 0 heterocycles. The molecule has 0 aliphatic rings. The van der Waals surface area contributed by atoms with Crippen LogP contribution in [0.5, 0.6) is 0 Å². The van der Waals surface area contributed by atoms with Crippen molar-refractivity contribution in [1.29, 1.82) is 5.26 Å². The van der Waals surface area contributed by atoms with E-state index in [4.69, 9.17) is 5.26 Å². The van der Waals surface area contributed by atoms with Gasteiger partial charge in [0, 0.05) is 11.1 Å². The molecule has 0 radical (unpaired) electrons. The molecule has 0 saturated heterocycles. The minimum absolute atomic E-state index is 0.00892. The summed E-state index contributed by atoms with van der Waals surface area (Å²) in [5.74, 6) is -0.868. The summed E-state index contributed by atoms with van der Waals surface area (Å²) in [5.41, 5.74) is 1.12. The van der Waals surface area contributed by atoms with Crippen molar-refractivity contribution in [3.63, 3.8) is 0 Å². The van der Waals surface area contributed by atoms with E-state index in [1.807, 2.05) is 6.07 Å². The van der Waals surface area contributed by atoms with Gasteiger partial charge < -0.3 is 0 Å². The normalized spacial score (nSPS) is 9.94. The molecule has 0 N–H and O–H groups in total. The van der Waals surface area contributed by atoms with Crippen LogP contribution in [0.1, 0.15) is 5.56 Å². The zero-order chi connectivity index (χ0) is 12.3. The molecule has 0 bridgehead atoms. The smallest absolute Gasteiger partial charge is 0.135 e. The Bertz CT molecular complexity index is 585. The Balaban J connectivity index is 2.53. The maximum absolute atomic E-state index is 14.0. The third-order valence-corrected chi connectivity index (χ3v) is 2.48. The van der Waals surface area contributed by atoms with Gasteiger partial charge in [-0.15, -0.1) is 0 Å². The van der Waals surface area contributed by atoms with Crippen molar-refractivity contribution in [2.75, 3.05) is 0 Å². The molecule has 0 unspecified atom stereocenters. The number of hydrogen-bond donors (Lipinski definition) is 0. The van der Waals surface area contributed by atoms with Gasteiger partial charge in [0.25, 0.3) is 0 Å². The third kappa shape index (κ3) is 2.31. The van der Waals surface area contributed by atoms with Gasteiger partial charge >= 0.3 is 0 Å². The molecule has 0 atom stereocenters. The van der Waals surface area contributed by atoms with Crippen molar-refractivity contribution >= 4 is 0 Å². The largest absolute Gasteiger partial charge is 0.207 e. The second-order valence-corrected chi connectivity index (χ2v) is 3.62. The van der Waals surface area contributed by atoms with Gasteiger partial charge in [0.15, 0.2) is 0 Å². The van der Waals surface area contributed by atoms with Gasteiger partial charge in [-0.2, -0.15) is 5.26 Å². The Morgan fingerprint density at radius 3 is 2.53 bits per heavy atom. The molecule has 84 valence electrons. The predicted molar refractivity (Wildman–Crippen MR) is 61.1 cm³/mol. The Labute approximate surface area is 97.9 Å². The van der Waals surface area contributed by atoms with Crippen LogP contribution in [-0.2, 0) is 6.42 Å². The van der Waals surface area contributed by atoms with Gasteiger partial charge in [0.2, 0.25) is 0 Å². The molecule has 3 heteroatoms. The average Bonchev–Trinajstić information content (AvgIpc) is 2.32. The summed E-state index contributed by atoms with van der Waals surface area (Å²) >= 11 is 0. The SMILES string of the molecule is N#CCc1cccc(-c2cccc(F)c2)c1F. The number of hydrogen-bond acceptors (Lipinski definition) is 1. The van der Waals surface area contributed by atoms with Gasteiger partial charge in [0.05, 0.1) is 12.5 Å². The lowest BCUT2D eigenvalue weighted by Gasteiger charge is -2.06. The van der Waals surface area contributed by atoms with Gasteiger partial charge in [-0.25, -0.2) is 8.78 Å². The first-order valence-corrected chi connectivity index (χ1v) is 5.12. The number of halogens is 2. The molecule has 2 aromatic carbocycles. The summed E-state index contributed by atoms with van der Waals surface area (Å²) in [4.78, 5) is 0. The fourth-order valence-corrected chi connectivity index (χ4v) is 1.68. The monoisotopic (exact) mass is 229 g/mol. The van der Waals surface area contributed by atoms with Crippen LogP contribution in [0.2, 0.25) is 0 Å². The minimum Gasteiger partial charge on any atom is -0.207 e. The van der Waals surface area contributed by atoms with Crippen LogP contribution in [-0.4, -0.2) is 0 Å². The van der Waals surface area contributed by atoms with Crippen LogP contribution >= 0.6 is 0 Å². The van der Waals surface area contributed by atoms with E-state index in [1.165, 1.54) is 18.2 Å². The summed E-state index contributed by atoms with van der Waals surface area (Å²) in [6.45, 7) is 0. The van der Waals surface area contributed by atoms with Crippen LogP contribution in [0, 0.1) is 23.0 Å². The summed E-state index contributed by atoms with van der Waals surface area (Å²) < 4.78 is 27.1. The van der Waals surface area contributed by atoms with E-state index in [0.29, 0.717) is 16.7 Å². The van der Waals surface area contributed by atoms with E-state index in [2.05, 4.69) is 0 Å². The molecule has 0 aliphatic heterocycles. The fourth-order valence-electron chi connectivity index (χ4n) is 1.68. The molecule has 0 aliphatic carbocycles. The van der Waals surface area contributed by atoms with Crippen molar-refractivity contribution < 1.29 is 8.78 Å². The van der Waals surface area contributed by atoms with Crippen LogP contribution in [0.4, 0.5) is 8.78 Å². The van der Waals surface area contributed by atoms with Gasteiger partial charge in [-0.3, -0.25) is 0 Å². The van der Waals surface area contributed by atoms with Crippen LogP contribution < -0.4 is 0 Å². The fraction of sp³-hybridized carbons (Fsp3) is 0.0714. The Hall–Kier alpha value is -2.21. The average molecular weight is 229 g/mol. The first-order valence-electron chi connectivity index (χ1n) is 5.12. The van der Waals surface area contributed by atoms with Gasteiger partial charge in [-0.05, 0) is 17.7 Å². The molecule has 1 nitrogen and oxygen atoms in total. The van der Waals surface area contributed by atoms with E-state index in [1.54, 1.807) is 24.3 Å². The van der Waals surface area contributed by atoms with E-state index in [9.17, 15) is 8.78 Å². The van der Waals surface area contributed by atoms with Crippen molar-refractivity contribution in [3.05, 3.63) is 59.7 Å². The van der Waals surface area contributed by atoms with E-state index in [0.717, 1.165) is 0 Å². The first-order chi connectivity index (χ1) is 8.22. The summed E-state index contributed by atoms with van der Waals surface area (Å²) in [6.07, 6.45) is 0.00892. The molecule has 0 fully saturated rings. The lowest BCUT2D eigenvalue weighted by molar-refractivity contribution is 0.616. The Morgan fingerprint density at radius 2 is 1.82 bits per heavy atom. The summed E-state index contributed by atoms with van der Waals surface area (Å²) in [7, 11) is 0. The molecule has 17 heavy (non-hydrogen) atoms. The van der Waals surface area contributed by atoms with Gasteiger partial charge in [0.1, 0.15) is 11.6 Å². The Kier molecular flexibility index (Phi) is 3.15. The first kappa shape index (κ1) is 11.3. The molecule has 0 spiro atoms. The highest BCUT2D eigenvalue weighted by molar-refractivity contribution is 5.65. The standard InChI is InChI=1S/C14H9F2N/c15-12-5-1-4-11(9-12)13-6-2-3-10(7-8-17)14(13)16/h1-6,9H,7H2. The van der Waals surface area contributed by atoms with E-state index >= 15 is 0 Å². The highest BCUT2D eigenvalue weighted by Gasteiger charge is 2.09. The van der Waals surface area contributed by atoms with Gasteiger partial charge in [-0.1, -0.05) is 30.3 Å². The Morgan fingerprint density at radius 1 is 1.06 bits per heavy atom.